The molecule has 2 amide bonds. The highest BCUT2D eigenvalue weighted by Gasteiger charge is 2.29. The molecular weight excluding hydrogens is 563 g/mol. The van der Waals surface area contributed by atoms with Gasteiger partial charge in [-0.2, -0.15) is 4.31 Å². The van der Waals surface area contributed by atoms with Crippen LogP contribution in [0.1, 0.15) is 31.9 Å². The van der Waals surface area contributed by atoms with Crippen LogP contribution >= 0.6 is 23.2 Å². The average Bonchev–Trinajstić information content (AvgIpc) is 3.35. The molecule has 0 unspecified atom stereocenters. The summed E-state index contributed by atoms with van der Waals surface area (Å²) in [5, 5.41) is 0.0949. The fourth-order valence-electron chi connectivity index (χ4n) is 3.68. The normalized spacial score (nSPS) is 14.2. The van der Waals surface area contributed by atoms with E-state index < -0.39 is 21.7 Å². The maximum Gasteiger partial charge on any atom is 0.416 e. The van der Waals surface area contributed by atoms with Crippen LogP contribution < -0.4 is 0 Å². The zero-order chi connectivity index (χ0) is 29.0. The first-order valence-corrected chi connectivity index (χ1v) is 14.4. The van der Waals surface area contributed by atoms with Crippen molar-refractivity contribution < 1.29 is 22.7 Å². The zero-order valence-corrected chi connectivity index (χ0v) is 24.8. The lowest BCUT2D eigenvalue weighted by atomic mass is 10.1. The molecule has 3 rings (SSSR count). The molecule has 0 saturated heterocycles. The van der Waals surface area contributed by atoms with Crippen LogP contribution in [-0.2, 0) is 26.1 Å². The Labute approximate surface area is 239 Å². The second-order valence-corrected chi connectivity index (χ2v) is 12.8. The third kappa shape index (κ3) is 7.82. The number of halogens is 2. The van der Waals surface area contributed by atoms with E-state index in [4.69, 9.17) is 27.9 Å². The van der Waals surface area contributed by atoms with Crippen molar-refractivity contribution in [2.45, 2.75) is 37.8 Å². The predicted molar refractivity (Wildman–Crippen MR) is 153 cm³/mol. The number of amidine groups is 1. The van der Waals surface area contributed by atoms with Crippen LogP contribution in [-0.4, -0.2) is 79.7 Å². The van der Waals surface area contributed by atoms with E-state index in [0.29, 0.717) is 25.5 Å². The van der Waals surface area contributed by atoms with Gasteiger partial charge in [-0.1, -0.05) is 59.6 Å². The van der Waals surface area contributed by atoms with Crippen molar-refractivity contribution in [2.24, 2.45) is 4.99 Å². The fourth-order valence-corrected chi connectivity index (χ4v) is 5.53. The third-order valence-electron chi connectivity index (χ3n) is 5.69. The lowest BCUT2D eigenvalue weighted by molar-refractivity contribution is -0.125. The van der Waals surface area contributed by atoms with Crippen molar-refractivity contribution in [3.05, 3.63) is 75.8 Å². The first kappa shape index (κ1) is 30.6. The van der Waals surface area contributed by atoms with E-state index in [0.717, 1.165) is 15.4 Å². The van der Waals surface area contributed by atoms with Crippen LogP contribution in [0.15, 0.2) is 64.5 Å². The van der Waals surface area contributed by atoms with Crippen LogP contribution in [0.2, 0.25) is 10.0 Å². The molecule has 12 heteroatoms. The molecular formula is C27H32Cl2N4O5S. The van der Waals surface area contributed by atoms with Gasteiger partial charge in [0, 0.05) is 38.8 Å². The number of aliphatic imine (C=N–C) groups is 1. The SMILES string of the molecule is CN(Cc1ccc(C2=NCCN2C(=O)OC(C)(C)C)cc1)C(=O)C=CCN(C)S(=O)(=O)c1cccc(Cl)c1Cl. The fraction of sp³-hybridized carbons (Fsp3) is 0.370. The van der Waals surface area contributed by atoms with E-state index >= 15 is 0 Å². The molecule has 1 aliphatic heterocycles. The number of likely N-dealkylation sites (N-methyl/N-ethyl adjacent to an activating group) is 2. The molecule has 39 heavy (non-hydrogen) atoms. The first-order chi connectivity index (χ1) is 18.2. The van der Waals surface area contributed by atoms with Gasteiger partial charge >= 0.3 is 6.09 Å². The summed E-state index contributed by atoms with van der Waals surface area (Å²) in [4.78, 5) is 32.5. The number of nitrogens with zero attached hydrogens (tertiary/aromatic N) is 4. The number of carbonyl (C=O) groups is 2. The molecule has 0 radical (unpaired) electrons. The van der Waals surface area contributed by atoms with E-state index in [2.05, 4.69) is 4.99 Å². The molecule has 9 nitrogen and oxygen atoms in total. The minimum absolute atomic E-state index is 0.0320. The van der Waals surface area contributed by atoms with Crippen LogP contribution in [0, 0.1) is 0 Å². The lowest BCUT2D eigenvalue weighted by Crippen LogP contribution is -2.39. The lowest BCUT2D eigenvalue weighted by Gasteiger charge is -2.25. The van der Waals surface area contributed by atoms with E-state index in [1.807, 2.05) is 45.0 Å². The summed E-state index contributed by atoms with van der Waals surface area (Å²) >= 11 is 12.0. The summed E-state index contributed by atoms with van der Waals surface area (Å²) in [5.74, 6) is 0.267. The van der Waals surface area contributed by atoms with E-state index in [-0.39, 0.29) is 27.4 Å². The van der Waals surface area contributed by atoms with Gasteiger partial charge in [-0.05, 0) is 38.5 Å². The van der Waals surface area contributed by atoms with Gasteiger partial charge in [-0.15, -0.1) is 0 Å². The highest BCUT2D eigenvalue weighted by atomic mass is 35.5. The quantitative estimate of drug-likeness (QED) is 0.408. The Kier molecular flexibility index (Phi) is 9.82. The summed E-state index contributed by atoms with van der Waals surface area (Å²) in [7, 11) is -0.845. The highest BCUT2D eigenvalue weighted by Crippen LogP contribution is 2.30. The average molecular weight is 596 g/mol. The molecule has 0 saturated carbocycles. The van der Waals surface area contributed by atoms with E-state index in [1.165, 1.54) is 47.2 Å². The number of sulfonamides is 1. The second kappa shape index (κ2) is 12.5. The molecule has 0 bridgehead atoms. The van der Waals surface area contributed by atoms with Gasteiger partial charge in [0.25, 0.3) is 0 Å². The van der Waals surface area contributed by atoms with Crippen molar-refractivity contribution >= 4 is 51.1 Å². The Morgan fingerprint density at radius 3 is 2.41 bits per heavy atom. The molecule has 0 atom stereocenters. The van der Waals surface area contributed by atoms with Gasteiger partial charge in [-0.3, -0.25) is 14.7 Å². The standard InChI is InChI=1S/C27H32Cl2N4O5S/c1-27(2,3)38-26(35)33-17-15-30-25(33)20-13-11-19(12-14-20)18-31(4)23(34)10-7-16-32(5)39(36,37)22-9-6-8-21(28)24(22)29/h6-14H,15-18H2,1-5H3. The van der Waals surface area contributed by atoms with E-state index in [1.54, 1.807) is 7.05 Å². The van der Waals surface area contributed by atoms with Crippen LogP contribution in [0.3, 0.4) is 0 Å². The van der Waals surface area contributed by atoms with Crippen molar-refractivity contribution in [1.82, 2.24) is 14.1 Å². The van der Waals surface area contributed by atoms with Crippen molar-refractivity contribution in [1.29, 1.82) is 0 Å². The molecule has 0 spiro atoms. The summed E-state index contributed by atoms with van der Waals surface area (Å²) in [6.07, 6.45) is 2.36. The van der Waals surface area contributed by atoms with Crippen LogP contribution in [0.25, 0.3) is 0 Å². The van der Waals surface area contributed by atoms with Gasteiger partial charge in [0.2, 0.25) is 15.9 Å². The molecule has 1 aliphatic rings. The number of amides is 2. The number of rotatable bonds is 8. The molecule has 2 aromatic carbocycles. The van der Waals surface area contributed by atoms with Gasteiger partial charge < -0.3 is 9.64 Å². The molecule has 0 N–H and O–H groups in total. The molecule has 2 aromatic rings. The largest absolute Gasteiger partial charge is 0.443 e. The molecule has 1 heterocycles. The number of hydrogen-bond acceptors (Lipinski definition) is 6. The Morgan fingerprint density at radius 1 is 1.10 bits per heavy atom. The summed E-state index contributed by atoms with van der Waals surface area (Å²) < 4.78 is 32.2. The maximum absolute atomic E-state index is 12.8. The smallest absolute Gasteiger partial charge is 0.416 e. The van der Waals surface area contributed by atoms with Gasteiger partial charge in [0.1, 0.15) is 16.3 Å². The van der Waals surface area contributed by atoms with Gasteiger partial charge in [0.05, 0.1) is 23.1 Å². The Morgan fingerprint density at radius 2 is 1.77 bits per heavy atom. The van der Waals surface area contributed by atoms with Gasteiger partial charge in [-0.25, -0.2) is 13.2 Å². The summed E-state index contributed by atoms with van der Waals surface area (Å²) in [6.45, 7) is 6.71. The minimum atomic E-state index is -3.89. The zero-order valence-electron chi connectivity index (χ0n) is 22.5. The number of benzene rings is 2. The third-order valence-corrected chi connectivity index (χ3v) is 8.49. The monoisotopic (exact) mass is 594 g/mol. The number of hydrogen-bond donors (Lipinski definition) is 0. The number of ether oxygens (including phenoxy) is 1. The second-order valence-electron chi connectivity index (χ2n) is 9.97. The molecule has 0 aromatic heterocycles. The van der Waals surface area contributed by atoms with Crippen LogP contribution in [0.5, 0.6) is 0 Å². The first-order valence-electron chi connectivity index (χ1n) is 12.2. The summed E-state index contributed by atoms with van der Waals surface area (Å²) in [5.41, 5.74) is 1.05. The molecule has 210 valence electrons. The predicted octanol–water partition coefficient (Wildman–Crippen LogP) is 4.83. The van der Waals surface area contributed by atoms with E-state index in [9.17, 15) is 18.0 Å². The van der Waals surface area contributed by atoms with Crippen molar-refractivity contribution in [3.63, 3.8) is 0 Å². The van der Waals surface area contributed by atoms with Crippen LogP contribution in [0.4, 0.5) is 4.79 Å². The Bertz CT molecular complexity index is 1390. The number of carbonyl (C=O) groups excluding carboxylic acids is 2. The van der Waals surface area contributed by atoms with Crippen molar-refractivity contribution in [2.75, 3.05) is 33.7 Å². The summed E-state index contributed by atoms with van der Waals surface area (Å²) in [6, 6.07) is 11.8. The maximum atomic E-state index is 12.8. The molecule has 0 aliphatic carbocycles. The molecule has 0 fully saturated rings. The van der Waals surface area contributed by atoms with Gasteiger partial charge in [0.15, 0.2) is 0 Å². The van der Waals surface area contributed by atoms with Crippen molar-refractivity contribution in [3.8, 4) is 0 Å². The Balaban J connectivity index is 1.58. The Hall–Kier alpha value is -2.92. The minimum Gasteiger partial charge on any atom is -0.443 e. The highest BCUT2D eigenvalue weighted by molar-refractivity contribution is 7.89. The topological polar surface area (TPSA) is 99.6 Å².